The van der Waals surface area contributed by atoms with Crippen LogP contribution in [0.2, 0.25) is 0 Å². The average molecular weight is 316 g/mol. The molecule has 0 unspecified atom stereocenters. The molecule has 112 valence electrons. The van der Waals surface area contributed by atoms with Gasteiger partial charge in [0.05, 0.1) is 11.6 Å². The van der Waals surface area contributed by atoms with Crippen LogP contribution < -0.4 is 9.50 Å². The first-order valence-electron chi connectivity index (χ1n) is 6.23. The molecule has 0 saturated heterocycles. The summed E-state index contributed by atoms with van der Waals surface area (Å²) in [5.41, 5.74) is 0.784. The summed E-state index contributed by atoms with van der Waals surface area (Å²) in [5, 5.41) is 11.3. The SMILES string of the molecule is CC(=O)Nc1ccc(S(=O)(=O)Oc2cccc(C#N)c2)cc1. The maximum absolute atomic E-state index is 12.1. The van der Waals surface area contributed by atoms with Gasteiger partial charge in [-0.3, -0.25) is 4.79 Å². The zero-order chi connectivity index (χ0) is 16.2. The van der Waals surface area contributed by atoms with Gasteiger partial charge in [-0.25, -0.2) is 0 Å². The molecule has 1 amide bonds. The van der Waals surface area contributed by atoms with Crippen molar-refractivity contribution < 1.29 is 17.4 Å². The van der Waals surface area contributed by atoms with Gasteiger partial charge in [0.1, 0.15) is 10.6 Å². The number of rotatable bonds is 4. The lowest BCUT2D eigenvalue weighted by molar-refractivity contribution is -0.114. The maximum atomic E-state index is 12.1. The van der Waals surface area contributed by atoms with Crippen molar-refractivity contribution in [1.29, 1.82) is 5.26 Å². The third-order valence-electron chi connectivity index (χ3n) is 2.63. The van der Waals surface area contributed by atoms with Gasteiger partial charge in [-0.05, 0) is 42.5 Å². The van der Waals surface area contributed by atoms with Crippen LogP contribution in [-0.2, 0) is 14.9 Å². The molecule has 0 aliphatic heterocycles. The van der Waals surface area contributed by atoms with Crippen molar-refractivity contribution in [3.05, 3.63) is 54.1 Å². The highest BCUT2D eigenvalue weighted by Gasteiger charge is 2.16. The first-order chi connectivity index (χ1) is 10.4. The number of carbonyl (C=O) groups excluding carboxylic acids is 1. The van der Waals surface area contributed by atoms with E-state index in [-0.39, 0.29) is 16.6 Å². The molecular weight excluding hydrogens is 304 g/mol. The third-order valence-corrected chi connectivity index (χ3v) is 3.89. The van der Waals surface area contributed by atoms with Gasteiger partial charge >= 0.3 is 10.1 Å². The standard InChI is InChI=1S/C15H12N2O4S/c1-11(18)17-13-5-7-15(8-6-13)22(19,20)21-14-4-2-3-12(9-14)10-16/h2-9H,1H3,(H,17,18). The fraction of sp³-hybridized carbons (Fsp3) is 0.0667. The quantitative estimate of drug-likeness (QED) is 0.873. The van der Waals surface area contributed by atoms with Crippen LogP contribution in [0.5, 0.6) is 5.75 Å². The van der Waals surface area contributed by atoms with Crippen LogP contribution in [0.3, 0.4) is 0 Å². The summed E-state index contributed by atoms with van der Waals surface area (Å²) in [7, 11) is -4.01. The molecule has 7 heteroatoms. The molecule has 0 aliphatic carbocycles. The van der Waals surface area contributed by atoms with Crippen molar-refractivity contribution in [2.24, 2.45) is 0 Å². The van der Waals surface area contributed by atoms with Crippen molar-refractivity contribution in [3.8, 4) is 11.8 Å². The number of anilines is 1. The van der Waals surface area contributed by atoms with Gasteiger partial charge in [-0.1, -0.05) is 6.07 Å². The molecule has 0 radical (unpaired) electrons. The van der Waals surface area contributed by atoms with Crippen LogP contribution in [-0.4, -0.2) is 14.3 Å². The van der Waals surface area contributed by atoms with E-state index in [9.17, 15) is 13.2 Å². The second-order valence-corrected chi connectivity index (χ2v) is 5.93. The van der Waals surface area contributed by atoms with Crippen molar-refractivity contribution in [2.45, 2.75) is 11.8 Å². The number of benzene rings is 2. The lowest BCUT2D eigenvalue weighted by Crippen LogP contribution is -2.10. The molecule has 0 saturated carbocycles. The summed E-state index contributed by atoms with van der Waals surface area (Å²) in [6, 6.07) is 13.3. The minimum Gasteiger partial charge on any atom is -0.379 e. The molecule has 0 atom stereocenters. The van der Waals surface area contributed by atoms with Crippen LogP contribution in [0, 0.1) is 11.3 Å². The normalized spacial score (nSPS) is 10.5. The van der Waals surface area contributed by atoms with Crippen molar-refractivity contribution >= 4 is 21.7 Å². The largest absolute Gasteiger partial charge is 0.379 e. The Hall–Kier alpha value is -2.85. The fourth-order valence-electron chi connectivity index (χ4n) is 1.70. The van der Waals surface area contributed by atoms with Crippen LogP contribution in [0.15, 0.2) is 53.4 Å². The van der Waals surface area contributed by atoms with Crippen molar-refractivity contribution in [2.75, 3.05) is 5.32 Å². The Labute approximate surface area is 128 Å². The predicted octanol–water partition coefficient (Wildman–Crippen LogP) is 2.28. The molecule has 0 heterocycles. The van der Waals surface area contributed by atoms with Gasteiger partial charge < -0.3 is 9.50 Å². The second kappa shape index (κ2) is 6.28. The van der Waals surface area contributed by atoms with Crippen molar-refractivity contribution in [3.63, 3.8) is 0 Å². The highest BCUT2D eigenvalue weighted by Crippen LogP contribution is 2.21. The number of nitrogens with zero attached hydrogens (tertiary/aromatic N) is 1. The van der Waals surface area contributed by atoms with E-state index in [0.29, 0.717) is 11.3 Å². The first-order valence-corrected chi connectivity index (χ1v) is 7.64. The van der Waals surface area contributed by atoms with E-state index < -0.39 is 10.1 Å². The van der Waals surface area contributed by atoms with Gasteiger partial charge in [0.2, 0.25) is 5.91 Å². The van der Waals surface area contributed by atoms with Crippen LogP contribution >= 0.6 is 0 Å². The Bertz CT molecular complexity index is 837. The van der Waals surface area contributed by atoms with E-state index in [1.165, 1.54) is 49.4 Å². The number of nitrogens with one attached hydrogen (secondary N) is 1. The first kappa shape index (κ1) is 15.5. The summed E-state index contributed by atoms with van der Waals surface area (Å²) in [6.07, 6.45) is 0. The molecule has 0 fully saturated rings. The molecule has 2 rings (SSSR count). The Morgan fingerprint density at radius 2 is 1.86 bits per heavy atom. The fourth-order valence-corrected chi connectivity index (χ4v) is 2.62. The van der Waals surface area contributed by atoms with Crippen LogP contribution in [0.4, 0.5) is 5.69 Å². The minimum atomic E-state index is -4.01. The smallest absolute Gasteiger partial charge is 0.339 e. The van der Waals surface area contributed by atoms with Gasteiger partial charge in [-0.2, -0.15) is 13.7 Å². The number of nitriles is 1. The zero-order valence-corrected chi connectivity index (χ0v) is 12.4. The van der Waals surface area contributed by atoms with E-state index in [4.69, 9.17) is 9.44 Å². The summed E-state index contributed by atoms with van der Waals surface area (Å²) >= 11 is 0. The molecule has 0 aliphatic rings. The van der Waals surface area contributed by atoms with E-state index in [0.717, 1.165) is 0 Å². The zero-order valence-electron chi connectivity index (χ0n) is 11.6. The van der Waals surface area contributed by atoms with Crippen LogP contribution in [0.1, 0.15) is 12.5 Å². The second-order valence-electron chi connectivity index (χ2n) is 4.38. The molecule has 0 bridgehead atoms. The van der Waals surface area contributed by atoms with E-state index in [1.54, 1.807) is 6.07 Å². The number of hydrogen-bond donors (Lipinski definition) is 1. The lowest BCUT2D eigenvalue weighted by Gasteiger charge is -2.08. The van der Waals surface area contributed by atoms with Gasteiger partial charge in [0.15, 0.2) is 0 Å². The highest BCUT2D eigenvalue weighted by molar-refractivity contribution is 7.87. The number of carbonyl (C=O) groups is 1. The van der Waals surface area contributed by atoms with Crippen LogP contribution in [0.25, 0.3) is 0 Å². The molecule has 1 N–H and O–H groups in total. The topological polar surface area (TPSA) is 96.3 Å². The summed E-state index contributed by atoms with van der Waals surface area (Å²) in [5.74, 6) is -0.190. The minimum absolute atomic E-state index is 0.0519. The van der Waals surface area contributed by atoms with Gasteiger partial charge in [0.25, 0.3) is 0 Å². The van der Waals surface area contributed by atoms with E-state index in [2.05, 4.69) is 5.32 Å². The summed E-state index contributed by atoms with van der Waals surface area (Å²) in [6.45, 7) is 1.36. The molecule has 0 aromatic heterocycles. The molecular formula is C15H12N2O4S. The van der Waals surface area contributed by atoms with E-state index >= 15 is 0 Å². The molecule has 22 heavy (non-hydrogen) atoms. The molecule has 2 aromatic carbocycles. The molecule has 0 spiro atoms. The Morgan fingerprint density at radius 1 is 1.18 bits per heavy atom. The van der Waals surface area contributed by atoms with E-state index in [1.807, 2.05) is 6.07 Å². The summed E-state index contributed by atoms with van der Waals surface area (Å²) < 4.78 is 29.3. The predicted molar refractivity (Wildman–Crippen MR) is 79.7 cm³/mol. The van der Waals surface area contributed by atoms with Gasteiger partial charge in [-0.15, -0.1) is 0 Å². The lowest BCUT2D eigenvalue weighted by atomic mass is 10.2. The Kier molecular flexibility index (Phi) is 4.44. The Balaban J connectivity index is 2.23. The number of hydrogen-bond acceptors (Lipinski definition) is 5. The monoisotopic (exact) mass is 316 g/mol. The number of amides is 1. The average Bonchev–Trinajstić information content (AvgIpc) is 2.47. The van der Waals surface area contributed by atoms with Gasteiger partial charge in [0, 0.05) is 12.6 Å². The summed E-state index contributed by atoms with van der Waals surface area (Å²) in [4.78, 5) is 10.9. The van der Waals surface area contributed by atoms with Crippen molar-refractivity contribution in [1.82, 2.24) is 0 Å². The highest BCUT2D eigenvalue weighted by atomic mass is 32.2. The molecule has 6 nitrogen and oxygen atoms in total. The third kappa shape index (κ3) is 3.84. The Morgan fingerprint density at radius 3 is 2.45 bits per heavy atom. The maximum Gasteiger partial charge on any atom is 0.339 e. The molecule has 2 aromatic rings.